The van der Waals surface area contributed by atoms with Crippen LogP contribution in [0, 0.1) is 0 Å². The molecule has 1 amide bonds. The number of hydrogen-bond acceptors (Lipinski definition) is 4. The highest BCUT2D eigenvalue weighted by atomic mass is 16.5. The fourth-order valence-corrected chi connectivity index (χ4v) is 2.08. The van der Waals surface area contributed by atoms with Crippen molar-refractivity contribution < 1.29 is 9.53 Å². The lowest BCUT2D eigenvalue weighted by Gasteiger charge is -2.19. The number of rotatable bonds is 6. The molecule has 0 saturated carbocycles. The van der Waals surface area contributed by atoms with Crippen LogP contribution >= 0.6 is 0 Å². The summed E-state index contributed by atoms with van der Waals surface area (Å²) in [6.07, 6.45) is 3.07. The summed E-state index contributed by atoms with van der Waals surface area (Å²) in [5.74, 6) is 0.700. The zero-order valence-electron chi connectivity index (χ0n) is 13.4. The first-order valence-electron chi connectivity index (χ1n) is 7.38. The van der Waals surface area contributed by atoms with Gasteiger partial charge in [-0.2, -0.15) is 5.10 Å². The van der Waals surface area contributed by atoms with Crippen molar-refractivity contribution in [3.63, 3.8) is 0 Å². The average molecular weight is 302 g/mol. The van der Waals surface area contributed by atoms with Gasteiger partial charge in [0.25, 0.3) is 0 Å². The highest BCUT2D eigenvalue weighted by Crippen LogP contribution is 2.20. The molecule has 118 valence electrons. The van der Waals surface area contributed by atoms with Crippen molar-refractivity contribution in [2.75, 3.05) is 0 Å². The number of nitrogens with zero attached hydrogens (tertiary/aromatic N) is 3. The van der Waals surface area contributed by atoms with E-state index >= 15 is 0 Å². The van der Waals surface area contributed by atoms with E-state index in [-0.39, 0.29) is 18.1 Å². The molecule has 0 radical (unpaired) electrons. The molecule has 0 aliphatic carbocycles. The molecule has 1 heterocycles. The number of benzene rings is 1. The predicted octanol–water partition coefficient (Wildman–Crippen LogP) is 2.50. The first-order valence-corrected chi connectivity index (χ1v) is 7.38. The Hall–Kier alpha value is -2.37. The normalized spacial score (nSPS) is 13.7. The van der Waals surface area contributed by atoms with Crippen LogP contribution in [0.15, 0.2) is 36.9 Å². The van der Waals surface area contributed by atoms with Crippen molar-refractivity contribution in [2.45, 2.75) is 45.9 Å². The second kappa shape index (κ2) is 7.06. The Labute approximate surface area is 130 Å². The molecule has 0 fully saturated rings. The third kappa shape index (κ3) is 4.07. The Bertz CT molecular complexity index is 610. The van der Waals surface area contributed by atoms with E-state index in [1.54, 1.807) is 6.92 Å². The molecule has 0 bridgehead atoms. The summed E-state index contributed by atoms with van der Waals surface area (Å²) in [6.45, 7) is 7.70. The van der Waals surface area contributed by atoms with Crippen molar-refractivity contribution in [2.24, 2.45) is 0 Å². The highest BCUT2D eigenvalue weighted by Gasteiger charge is 2.18. The molecule has 0 unspecified atom stereocenters. The van der Waals surface area contributed by atoms with Gasteiger partial charge in [-0.15, -0.1) is 0 Å². The summed E-state index contributed by atoms with van der Waals surface area (Å²) >= 11 is 0. The minimum Gasteiger partial charge on any atom is -0.491 e. The minimum atomic E-state index is -0.403. The first-order chi connectivity index (χ1) is 10.5. The van der Waals surface area contributed by atoms with E-state index in [0.29, 0.717) is 0 Å². The molecule has 6 heteroatoms. The third-order valence-corrected chi connectivity index (χ3v) is 3.30. The quantitative estimate of drug-likeness (QED) is 0.890. The van der Waals surface area contributed by atoms with Gasteiger partial charge in [-0.3, -0.25) is 4.79 Å². The number of nitrogens with one attached hydrogen (secondary N) is 1. The van der Waals surface area contributed by atoms with E-state index in [1.807, 2.05) is 45.0 Å². The van der Waals surface area contributed by atoms with Gasteiger partial charge in [0.2, 0.25) is 5.91 Å². The molecule has 1 aromatic heterocycles. The van der Waals surface area contributed by atoms with Crippen LogP contribution in [0.2, 0.25) is 0 Å². The maximum Gasteiger partial charge on any atom is 0.245 e. The first kappa shape index (κ1) is 16.0. The molecule has 0 aliphatic rings. The molecule has 2 aromatic rings. The zero-order valence-corrected chi connectivity index (χ0v) is 13.4. The maximum absolute atomic E-state index is 12.3. The Morgan fingerprint density at radius 1 is 1.27 bits per heavy atom. The number of aromatic nitrogens is 3. The summed E-state index contributed by atoms with van der Waals surface area (Å²) in [7, 11) is 0. The number of ether oxygens (including phenoxy) is 1. The second-order valence-corrected chi connectivity index (χ2v) is 5.52. The lowest BCUT2D eigenvalue weighted by Crippen LogP contribution is -2.33. The summed E-state index contributed by atoms with van der Waals surface area (Å²) in [4.78, 5) is 16.1. The molecule has 6 nitrogen and oxygen atoms in total. The van der Waals surface area contributed by atoms with Crippen LogP contribution in [0.25, 0.3) is 0 Å². The van der Waals surface area contributed by atoms with Crippen LogP contribution in [0.4, 0.5) is 0 Å². The Kier molecular flexibility index (Phi) is 5.14. The van der Waals surface area contributed by atoms with Crippen LogP contribution in [-0.2, 0) is 4.79 Å². The third-order valence-electron chi connectivity index (χ3n) is 3.30. The van der Waals surface area contributed by atoms with Gasteiger partial charge in [0, 0.05) is 0 Å². The molecule has 0 spiro atoms. The molecule has 1 aromatic carbocycles. The second-order valence-electron chi connectivity index (χ2n) is 5.52. The zero-order chi connectivity index (χ0) is 16.1. The molecule has 2 rings (SSSR count). The van der Waals surface area contributed by atoms with E-state index in [1.165, 1.54) is 17.3 Å². The van der Waals surface area contributed by atoms with Gasteiger partial charge in [-0.05, 0) is 45.4 Å². The topological polar surface area (TPSA) is 69.0 Å². The lowest BCUT2D eigenvalue weighted by atomic mass is 10.1. The Morgan fingerprint density at radius 2 is 2.05 bits per heavy atom. The van der Waals surface area contributed by atoms with Crippen LogP contribution in [-0.4, -0.2) is 26.8 Å². The predicted molar refractivity (Wildman–Crippen MR) is 83.5 cm³/mol. The van der Waals surface area contributed by atoms with Crippen LogP contribution in [0.1, 0.15) is 45.3 Å². The van der Waals surface area contributed by atoms with Crippen molar-refractivity contribution >= 4 is 5.91 Å². The van der Waals surface area contributed by atoms with E-state index < -0.39 is 6.04 Å². The van der Waals surface area contributed by atoms with Crippen LogP contribution in [0.3, 0.4) is 0 Å². The molecule has 22 heavy (non-hydrogen) atoms. The van der Waals surface area contributed by atoms with E-state index in [2.05, 4.69) is 15.4 Å². The highest BCUT2D eigenvalue weighted by molar-refractivity contribution is 5.80. The fourth-order valence-electron chi connectivity index (χ4n) is 2.08. The Balaban J connectivity index is 2.02. The van der Waals surface area contributed by atoms with E-state index in [0.717, 1.165) is 11.3 Å². The van der Waals surface area contributed by atoms with Gasteiger partial charge in [0.15, 0.2) is 0 Å². The summed E-state index contributed by atoms with van der Waals surface area (Å²) in [6, 6.07) is 7.24. The number of carbonyl (C=O) groups excluding carboxylic acids is 1. The van der Waals surface area contributed by atoms with Crippen molar-refractivity contribution in [1.29, 1.82) is 0 Å². The summed E-state index contributed by atoms with van der Waals surface area (Å²) < 4.78 is 7.21. The van der Waals surface area contributed by atoms with E-state index in [9.17, 15) is 4.79 Å². The van der Waals surface area contributed by atoms with Gasteiger partial charge in [0.05, 0.1) is 12.1 Å². The van der Waals surface area contributed by atoms with E-state index in [4.69, 9.17) is 4.74 Å². The smallest absolute Gasteiger partial charge is 0.245 e. The van der Waals surface area contributed by atoms with Crippen LogP contribution in [0.5, 0.6) is 5.75 Å². The van der Waals surface area contributed by atoms with Crippen molar-refractivity contribution in [3.8, 4) is 5.75 Å². The van der Waals surface area contributed by atoms with Gasteiger partial charge < -0.3 is 10.1 Å². The van der Waals surface area contributed by atoms with Gasteiger partial charge in [0.1, 0.15) is 24.4 Å². The average Bonchev–Trinajstić information content (AvgIpc) is 3.00. The number of hydrogen-bond donors (Lipinski definition) is 1. The largest absolute Gasteiger partial charge is 0.491 e. The van der Waals surface area contributed by atoms with Gasteiger partial charge in [-0.1, -0.05) is 12.1 Å². The number of amides is 1. The van der Waals surface area contributed by atoms with Gasteiger partial charge in [-0.25, -0.2) is 9.67 Å². The molecule has 0 saturated heterocycles. The molecular formula is C16H22N4O2. The summed E-state index contributed by atoms with van der Waals surface area (Å²) in [5, 5.41) is 6.97. The van der Waals surface area contributed by atoms with Crippen molar-refractivity contribution in [1.82, 2.24) is 20.1 Å². The SMILES string of the molecule is CC(C)Oc1cccc([C@H](C)NC(=O)[C@H](C)n2cncn2)c1. The number of carbonyl (C=O) groups is 1. The molecular weight excluding hydrogens is 280 g/mol. The lowest BCUT2D eigenvalue weighted by molar-refractivity contribution is -0.124. The monoisotopic (exact) mass is 302 g/mol. The van der Waals surface area contributed by atoms with Crippen molar-refractivity contribution in [3.05, 3.63) is 42.5 Å². The van der Waals surface area contributed by atoms with Gasteiger partial charge >= 0.3 is 0 Å². The molecule has 0 aliphatic heterocycles. The Morgan fingerprint density at radius 3 is 2.68 bits per heavy atom. The molecule has 1 N–H and O–H groups in total. The summed E-state index contributed by atoms with van der Waals surface area (Å²) in [5.41, 5.74) is 0.997. The van der Waals surface area contributed by atoms with Crippen LogP contribution < -0.4 is 10.1 Å². The molecule has 2 atom stereocenters. The maximum atomic E-state index is 12.3. The minimum absolute atomic E-state index is 0.104. The fraction of sp³-hybridized carbons (Fsp3) is 0.438. The standard InChI is InChI=1S/C16H22N4O2/c1-11(2)22-15-7-5-6-14(8-15)12(3)19-16(21)13(4)20-10-17-9-18-20/h5-13H,1-4H3,(H,19,21)/t12-,13-/m0/s1.